The van der Waals surface area contributed by atoms with E-state index in [1.807, 2.05) is 9.47 Å². The molecule has 0 spiro atoms. The second-order valence-corrected chi connectivity index (χ2v) is 9.32. The van der Waals surface area contributed by atoms with Gasteiger partial charge in [0.1, 0.15) is 5.82 Å². The smallest absolute Gasteiger partial charge is 0.290 e. The van der Waals surface area contributed by atoms with Crippen molar-refractivity contribution in [3.8, 4) is 0 Å². The van der Waals surface area contributed by atoms with Gasteiger partial charge in [-0.3, -0.25) is 4.79 Å². The van der Waals surface area contributed by atoms with E-state index in [-0.39, 0.29) is 29.6 Å². The number of unbranched alkanes of at least 4 members (excludes halogenated alkanes) is 1. The summed E-state index contributed by atoms with van der Waals surface area (Å²) in [7, 11) is 1.67. The quantitative estimate of drug-likeness (QED) is 0.546. The molecule has 32 heavy (non-hydrogen) atoms. The summed E-state index contributed by atoms with van der Waals surface area (Å²) in [5.74, 6) is 0.244. The number of benzene rings is 1. The lowest BCUT2D eigenvalue weighted by molar-refractivity contribution is 0.0435. The summed E-state index contributed by atoms with van der Waals surface area (Å²) in [6.07, 6.45) is 1.95. The number of fused-ring (bicyclic) bond motifs is 1. The van der Waals surface area contributed by atoms with Crippen molar-refractivity contribution in [1.29, 1.82) is 0 Å². The van der Waals surface area contributed by atoms with Gasteiger partial charge >= 0.3 is 0 Å². The van der Waals surface area contributed by atoms with Crippen LogP contribution in [0.1, 0.15) is 50.7 Å². The first-order valence-corrected chi connectivity index (χ1v) is 11.7. The number of carbonyl (C=O) groups excluding carboxylic acids is 1. The van der Waals surface area contributed by atoms with Crippen LogP contribution in [-0.2, 0) is 11.3 Å². The monoisotopic (exact) mass is 448 g/mol. The number of aryl methyl sites for hydroxylation is 1. The third kappa shape index (κ3) is 5.85. The number of halogens is 1. The van der Waals surface area contributed by atoms with E-state index in [4.69, 9.17) is 4.74 Å². The van der Waals surface area contributed by atoms with Gasteiger partial charge in [-0.2, -0.15) is 0 Å². The van der Waals surface area contributed by atoms with Gasteiger partial charge in [0.2, 0.25) is 0 Å². The molecule has 8 heteroatoms. The molecule has 1 aliphatic heterocycles. The van der Waals surface area contributed by atoms with Gasteiger partial charge in [-0.15, -0.1) is 0 Å². The van der Waals surface area contributed by atoms with Crippen LogP contribution >= 0.6 is 0 Å². The molecule has 3 atom stereocenters. The predicted octanol–water partition coefficient (Wildman–Crippen LogP) is 3.06. The van der Waals surface area contributed by atoms with Crippen molar-refractivity contribution >= 4 is 16.9 Å². The van der Waals surface area contributed by atoms with Crippen molar-refractivity contribution in [1.82, 2.24) is 19.8 Å². The van der Waals surface area contributed by atoms with E-state index in [2.05, 4.69) is 24.1 Å². The molecule has 0 bridgehead atoms. The van der Waals surface area contributed by atoms with Crippen molar-refractivity contribution < 1.29 is 19.0 Å². The van der Waals surface area contributed by atoms with Crippen LogP contribution < -0.4 is 5.32 Å². The highest BCUT2D eigenvalue weighted by molar-refractivity contribution is 5.95. The minimum absolute atomic E-state index is 0.0308. The van der Waals surface area contributed by atoms with E-state index in [1.165, 1.54) is 12.1 Å². The number of nitrogens with zero attached hydrogens (tertiary/aromatic N) is 3. The summed E-state index contributed by atoms with van der Waals surface area (Å²) in [4.78, 5) is 20.4. The molecule has 1 fully saturated rings. The summed E-state index contributed by atoms with van der Waals surface area (Å²) in [6, 6.07) is 4.43. The van der Waals surface area contributed by atoms with Crippen molar-refractivity contribution in [3.05, 3.63) is 29.8 Å². The van der Waals surface area contributed by atoms with Crippen molar-refractivity contribution in [2.24, 2.45) is 11.8 Å². The normalized spacial score (nSPS) is 20.1. The molecule has 0 saturated carbocycles. The van der Waals surface area contributed by atoms with E-state index in [9.17, 15) is 14.3 Å². The Morgan fingerprint density at radius 1 is 1.34 bits per heavy atom. The summed E-state index contributed by atoms with van der Waals surface area (Å²) in [6.45, 7) is 9.21. The molecule has 178 valence electrons. The first-order valence-electron chi connectivity index (χ1n) is 11.7. The fourth-order valence-electron chi connectivity index (χ4n) is 4.48. The number of ether oxygens (including phenoxy) is 1. The summed E-state index contributed by atoms with van der Waals surface area (Å²) >= 11 is 0. The fourth-order valence-corrected chi connectivity index (χ4v) is 4.48. The molecular formula is C24H37FN4O3. The van der Waals surface area contributed by atoms with E-state index in [1.54, 1.807) is 20.1 Å². The maximum atomic E-state index is 14.0. The van der Waals surface area contributed by atoms with Crippen LogP contribution in [0.2, 0.25) is 0 Å². The van der Waals surface area contributed by atoms with Crippen LogP contribution in [-0.4, -0.2) is 71.0 Å². The average molecular weight is 449 g/mol. The standard InChI is InChI=1S/C24H37FN4O3/c1-16(2)15-29(20-11-18(17(3)30)13-26-14-20)24(31)23-27-21-8-7-19(25)12-22(21)28(23)9-5-6-10-32-4/h7-8,12,16-18,20,26,30H,5-6,9-11,13-15H2,1-4H3/t17?,18?,20-/m0/s1. The van der Waals surface area contributed by atoms with Crippen molar-refractivity contribution in [3.63, 3.8) is 0 Å². The molecule has 1 amide bonds. The van der Waals surface area contributed by atoms with E-state index >= 15 is 0 Å². The highest BCUT2D eigenvalue weighted by Crippen LogP contribution is 2.24. The summed E-state index contributed by atoms with van der Waals surface area (Å²) in [5, 5.41) is 13.5. The van der Waals surface area contributed by atoms with Crippen LogP contribution in [0.4, 0.5) is 4.39 Å². The molecule has 0 radical (unpaired) electrons. The SMILES string of the molecule is COCCCCn1c(C(=O)N(CC(C)C)[C@@H]2CNCC(C(C)O)C2)nc2ccc(F)cc21. The minimum Gasteiger partial charge on any atom is -0.393 e. The lowest BCUT2D eigenvalue weighted by atomic mass is 9.90. The van der Waals surface area contributed by atoms with E-state index in [0.717, 1.165) is 25.8 Å². The Kier molecular flexibility index (Phi) is 8.62. The topological polar surface area (TPSA) is 79.6 Å². The second kappa shape index (κ2) is 11.2. The van der Waals surface area contributed by atoms with Gasteiger partial charge in [-0.25, -0.2) is 9.37 Å². The molecule has 0 aliphatic carbocycles. The zero-order valence-corrected chi connectivity index (χ0v) is 19.7. The molecule has 3 rings (SSSR count). The van der Waals surface area contributed by atoms with Crippen molar-refractivity contribution in [2.75, 3.05) is 33.4 Å². The van der Waals surface area contributed by atoms with E-state index < -0.39 is 6.10 Å². The highest BCUT2D eigenvalue weighted by atomic mass is 19.1. The largest absolute Gasteiger partial charge is 0.393 e. The number of hydrogen-bond donors (Lipinski definition) is 2. The number of aromatic nitrogens is 2. The maximum absolute atomic E-state index is 14.0. The van der Waals surface area contributed by atoms with Gasteiger partial charge < -0.3 is 24.6 Å². The van der Waals surface area contributed by atoms with Crippen LogP contribution in [0.3, 0.4) is 0 Å². The maximum Gasteiger partial charge on any atom is 0.290 e. The fraction of sp³-hybridized carbons (Fsp3) is 0.667. The van der Waals surface area contributed by atoms with Crippen LogP contribution in [0.5, 0.6) is 0 Å². The van der Waals surface area contributed by atoms with Crippen LogP contribution in [0.25, 0.3) is 11.0 Å². The number of aliphatic hydroxyl groups is 1. The zero-order chi connectivity index (χ0) is 23.3. The van der Waals surface area contributed by atoms with Crippen LogP contribution in [0.15, 0.2) is 18.2 Å². The van der Waals surface area contributed by atoms with E-state index in [0.29, 0.717) is 43.1 Å². The lowest BCUT2D eigenvalue weighted by Gasteiger charge is -2.39. The zero-order valence-electron chi connectivity index (χ0n) is 19.7. The number of nitrogens with one attached hydrogen (secondary N) is 1. The molecule has 1 aromatic carbocycles. The van der Waals surface area contributed by atoms with Crippen LogP contribution in [0, 0.1) is 17.7 Å². The molecule has 1 saturated heterocycles. The molecule has 2 heterocycles. The number of piperidine rings is 1. The molecule has 1 aromatic heterocycles. The average Bonchev–Trinajstić information content (AvgIpc) is 3.12. The van der Waals surface area contributed by atoms with Gasteiger partial charge in [-0.1, -0.05) is 13.8 Å². The molecule has 2 aromatic rings. The highest BCUT2D eigenvalue weighted by Gasteiger charge is 2.34. The van der Waals surface area contributed by atoms with Gasteiger partial charge in [0.15, 0.2) is 5.82 Å². The first-order chi connectivity index (χ1) is 15.3. The number of rotatable bonds is 10. The third-order valence-corrected chi connectivity index (χ3v) is 6.19. The molecule has 2 N–H and O–H groups in total. The Morgan fingerprint density at radius 3 is 2.81 bits per heavy atom. The summed E-state index contributed by atoms with van der Waals surface area (Å²) < 4.78 is 21.0. The second-order valence-electron chi connectivity index (χ2n) is 9.32. The Bertz CT molecular complexity index is 899. The minimum atomic E-state index is -0.436. The number of amides is 1. The first kappa shape index (κ1) is 24.6. The number of aliphatic hydroxyl groups excluding tert-OH is 1. The predicted molar refractivity (Wildman–Crippen MR) is 123 cm³/mol. The molecule has 7 nitrogen and oxygen atoms in total. The number of carbonyl (C=O) groups is 1. The third-order valence-electron chi connectivity index (χ3n) is 6.19. The molecule has 1 aliphatic rings. The summed E-state index contributed by atoms with van der Waals surface area (Å²) in [5.41, 5.74) is 1.26. The number of hydrogen-bond acceptors (Lipinski definition) is 5. The van der Waals surface area contributed by atoms with Gasteiger partial charge in [-0.05, 0) is 56.2 Å². The lowest BCUT2D eigenvalue weighted by Crippen LogP contribution is -2.54. The molecule has 2 unspecified atom stereocenters. The van der Waals surface area contributed by atoms with Crippen molar-refractivity contribution in [2.45, 2.75) is 58.7 Å². The Balaban J connectivity index is 1.94. The Hall–Kier alpha value is -2.03. The molecular weight excluding hydrogens is 411 g/mol. The number of imidazole rings is 1. The Morgan fingerprint density at radius 2 is 2.12 bits per heavy atom. The van der Waals surface area contributed by atoms with Gasteiger partial charge in [0.25, 0.3) is 5.91 Å². The van der Waals surface area contributed by atoms with Gasteiger partial charge in [0, 0.05) is 45.9 Å². The Labute approximate surface area is 189 Å². The number of methoxy groups -OCH3 is 1. The van der Waals surface area contributed by atoms with Gasteiger partial charge in [0.05, 0.1) is 17.1 Å².